The van der Waals surface area contributed by atoms with Crippen LogP contribution in [0.3, 0.4) is 0 Å². The first-order valence-corrected chi connectivity index (χ1v) is 4.27. The molecule has 0 spiro atoms. The molecule has 0 aliphatic carbocycles. The van der Waals surface area contributed by atoms with E-state index in [0.29, 0.717) is 5.69 Å². The molecule has 0 fully saturated rings. The van der Waals surface area contributed by atoms with Gasteiger partial charge in [-0.1, -0.05) is 0 Å². The number of nitrogens with zero attached hydrogens (tertiary/aromatic N) is 2. The summed E-state index contributed by atoms with van der Waals surface area (Å²) in [5.74, 6) is -2.94. The third kappa shape index (κ3) is 3.62. The fourth-order valence-corrected chi connectivity index (χ4v) is 0.958. The molecule has 5 nitrogen and oxygen atoms in total. The lowest BCUT2D eigenvalue weighted by Gasteiger charge is -2.14. The molecule has 84 valence electrons. The zero-order valence-corrected chi connectivity index (χ0v) is 8.17. The number of hydrogen-bond donors (Lipinski definition) is 3. The van der Waals surface area contributed by atoms with E-state index in [0.717, 1.165) is 0 Å². The van der Waals surface area contributed by atoms with Crippen LogP contribution < -0.4 is 11.1 Å². The van der Waals surface area contributed by atoms with Crippen molar-refractivity contribution in [3.05, 3.63) is 11.8 Å². The zero-order chi connectivity index (χ0) is 11.5. The Morgan fingerprint density at radius 3 is 2.73 bits per heavy atom. The van der Waals surface area contributed by atoms with Crippen LogP contribution in [0.2, 0.25) is 0 Å². The number of nitrogens with two attached hydrogens (primary N) is 1. The van der Waals surface area contributed by atoms with E-state index < -0.39 is 19.1 Å². The average Bonchev–Trinajstić information content (AvgIpc) is 2.14. The molecular formula is C8H12F2N4O. The SMILES string of the molecule is Cc1cc(NCC(F)(F)CO)nc(N)n1. The third-order valence-electron chi connectivity index (χ3n) is 1.63. The number of aliphatic hydroxyl groups excluding tert-OH is 1. The van der Waals surface area contributed by atoms with Crippen molar-refractivity contribution in [2.75, 3.05) is 24.2 Å². The molecule has 0 bridgehead atoms. The number of aliphatic hydroxyl groups is 1. The molecule has 0 aromatic carbocycles. The van der Waals surface area contributed by atoms with Gasteiger partial charge in [0.15, 0.2) is 0 Å². The molecule has 0 unspecified atom stereocenters. The average molecular weight is 218 g/mol. The number of hydrogen-bond acceptors (Lipinski definition) is 5. The van der Waals surface area contributed by atoms with E-state index in [1.807, 2.05) is 0 Å². The van der Waals surface area contributed by atoms with Crippen LogP contribution in [-0.4, -0.2) is 34.1 Å². The summed E-state index contributed by atoms with van der Waals surface area (Å²) in [5, 5.41) is 10.7. The molecule has 1 rings (SSSR count). The van der Waals surface area contributed by atoms with Crippen LogP contribution in [0.5, 0.6) is 0 Å². The van der Waals surface area contributed by atoms with Crippen LogP contribution in [0.25, 0.3) is 0 Å². The molecule has 0 amide bonds. The van der Waals surface area contributed by atoms with Gasteiger partial charge in [-0.2, -0.15) is 4.98 Å². The summed E-state index contributed by atoms with van der Waals surface area (Å²) < 4.78 is 25.3. The number of rotatable bonds is 4. The van der Waals surface area contributed by atoms with E-state index in [1.54, 1.807) is 6.92 Å². The Bertz CT molecular complexity index is 325. The van der Waals surface area contributed by atoms with Gasteiger partial charge in [0, 0.05) is 11.8 Å². The van der Waals surface area contributed by atoms with Crippen LogP contribution in [0.4, 0.5) is 20.5 Å². The van der Waals surface area contributed by atoms with Crippen molar-refractivity contribution in [2.45, 2.75) is 12.8 Å². The molecule has 1 heterocycles. The van der Waals surface area contributed by atoms with Gasteiger partial charge in [0.1, 0.15) is 12.4 Å². The number of aromatic nitrogens is 2. The Labute approximate surface area is 85.3 Å². The maximum absolute atomic E-state index is 12.7. The van der Waals surface area contributed by atoms with E-state index in [2.05, 4.69) is 15.3 Å². The third-order valence-corrected chi connectivity index (χ3v) is 1.63. The summed E-state index contributed by atoms with van der Waals surface area (Å²) in [6, 6.07) is 1.49. The van der Waals surface area contributed by atoms with Gasteiger partial charge in [-0.15, -0.1) is 0 Å². The van der Waals surface area contributed by atoms with E-state index in [1.165, 1.54) is 6.07 Å². The van der Waals surface area contributed by atoms with Crippen molar-refractivity contribution in [3.8, 4) is 0 Å². The first kappa shape index (κ1) is 11.6. The molecule has 0 aliphatic rings. The Morgan fingerprint density at radius 2 is 2.20 bits per heavy atom. The zero-order valence-electron chi connectivity index (χ0n) is 8.17. The summed E-state index contributed by atoms with van der Waals surface area (Å²) in [7, 11) is 0. The number of nitrogens with one attached hydrogen (secondary N) is 1. The molecule has 1 aromatic heterocycles. The lowest BCUT2D eigenvalue weighted by atomic mass is 10.3. The molecule has 0 saturated heterocycles. The highest BCUT2D eigenvalue weighted by Crippen LogP contribution is 2.14. The Morgan fingerprint density at radius 1 is 1.53 bits per heavy atom. The lowest BCUT2D eigenvalue weighted by molar-refractivity contribution is -0.0373. The van der Waals surface area contributed by atoms with Gasteiger partial charge in [0.2, 0.25) is 5.95 Å². The number of halogens is 2. The van der Waals surface area contributed by atoms with E-state index in [4.69, 9.17) is 10.8 Å². The van der Waals surface area contributed by atoms with E-state index >= 15 is 0 Å². The highest BCUT2D eigenvalue weighted by atomic mass is 19.3. The molecule has 0 atom stereocenters. The number of anilines is 2. The molecular weight excluding hydrogens is 206 g/mol. The predicted octanol–water partition coefficient (Wildman–Crippen LogP) is 0.407. The second-order valence-corrected chi connectivity index (χ2v) is 3.12. The van der Waals surface area contributed by atoms with Crippen molar-refractivity contribution in [1.29, 1.82) is 0 Å². The first-order chi connectivity index (χ1) is 6.93. The van der Waals surface area contributed by atoms with E-state index in [-0.39, 0.29) is 11.8 Å². The standard InChI is InChI=1S/C8H12F2N4O/c1-5-2-6(14-7(11)13-5)12-3-8(9,10)4-15/h2,15H,3-4H2,1H3,(H3,11,12,13,14). The summed E-state index contributed by atoms with van der Waals surface area (Å²) >= 11 is 0. The van der Waals surface area contributed by atoms with Gasteiger partial charge >= 0.3 is 0 Å². The molecule has 0 aliphatic heterocycles. The Balaban J connectivity index is 2.65. The first-order valence-electron chi connectivity index (χ1n) is 4.27. The quantitative estimate of drug-likeness (QED) is 0.681. The number of alkyl halides is 2. The van der Waals surface area contributed by atoms with Crippen LogP contribution in [-0.2, 0) is 0 Å². The van der Waals surface area contributed by atoms with Crippen molar-refractivity contribution in [3.63, 3.8) is 0 Å². The monoisotopic (exact) mass is 218 g/mol. The van der Waals surface area contributed by atoms with E-state index in [9.17, 15) is 8.78 Å². The van der Waals surface area contributed by atoms with Crippen molar-refractivity contribution in [1.82, 2.24) is 9.97 Å². The smallest absolute Gasteiger partial charge is 0.287 e. The summed E-state index contributed by atoms with van der Waals surface area (Å²) in [6.07, 6.45) is 0. The van der Waals surface area contributed by atoms with Crippen molar-refractivity contribution >= 4 is 11.8 Å². The minimum absolute atomic E-state index is 0.0183. The van der Waals surface area contributed by atoms with Gasteiger partial charge in [-0.05, 0) is 6.92 Å². The molecule has 0 saturated carbocycles. The number of nitrogen functional groups attached to an aromatic ring is 1. The van der Waals surface area contributed by atoms with Crippen molar-refractivity contribution < 1.29 is 13.9 Å². The summed E-state index contributed by atoms with van der Waals surface area (Å²) in [4.78, 5) is 7.50. The van der Waals surface area contributed by atoms with Crippen LogP contribution in [0.1, 0.15) is 5.69 Å². The summed E-state index contributed by atoms with van der Waals surface area (Å²) in [5.41, 5.74) is 5.91. The van der Waals surface area contributed by atoms with Crippen LogP contribution >= 0.6 is 0 Å². The second kappa shape index (κ2) is 4.35. The Kier molecular flexibility index (Phi) is 3.35. The largest absolute Gasteiger partial charge is 0.390 e. The molecule has 0 radical (unpaired) electrons. The topological polar surface area (TPSA) is 84.1 Å². The Hall–Kier alpha value is -1.50. The molecule has 4 N–H and O–H groups in total. The normalized spacial score (nSPS) is 11.5. The predicted molar refractivity (Wildman–Crippen MR) is 51.7 cm³/mol. The highest BCUT2D eigenvalue weighted by molar-refractivity contribution is 5.40. The van der Waals surface area contributed by atoms with Crippen molar-refractivity contribution in [2.24, 2.45) is 0 Å². The van der Waals surface area contributed by atoms with Gasteiger partial charge in [0.25, 0.3) is 5.92 Å². The van der Waals surface area contributed by atoms with Crippen LogP contribution in [0.15, 0.2) is 6.07 Å². The lowest BCUT2D eigenvalue weighted by Crippen LogP contribution is -2.31. The maximum atomic E-state index is 12.7. The highest BCUT2D eigenvalue weighted by Gasteiger charge is 2.27. The molecule has 7 heteroatoms. The fraction of sp³-hybridized carbons (Fsp3) is 0.500. The second-order valence-electron chi connectivity index (χ2n) is 3.12. The minimum atomic E-state index is -3.17. The van der Waals surface area contributed by atoms with Gasteiger partial charge < -0.3 is 16.2 Å². The van der Waals surface area contributed by atoms with Gasteiger partial charge in [0.05, 0.1) is 6.54 Å². The molecule has 15 heavy (non-hydrogen) atoms. The molecule has 1 aromatic rings. The minimum Gasteiger partial charge on any atom is -0.390 e. The summed E-state index contributed by atoms with van der Waals surface area (Å²) in [6.45, 7) is -0.230. The van der Waals surface area contributed by atoms with Gasteiger partial charge in [-0.25, -0.2) is 13.8 Å². The van der Waals surface area contributed by atoms with Gasteiger partial charge in [-0.3, -0.25) is 0 Å². The maximum Gasteiger partial charge on any atom is 0.287 e. The fourth-order valence-electron chi connectivity index (χ4n) is 0.958. The van der Waals surface area contributed by atoms with Crippen LogP contribution in [0, 0.1) is 6.92 Å². The number of aryl methyl sites for hydroxylation is 1.